The molecule has 4 heterocycles. The Balaban J connectivity index is 2.06. The largest absolute Gasteiger partial charge is 0.377 e. The van der Waals surface area contributed by atoms with Crippen LogP contribution in [0.15, 0.2) is 41.6 Å². The zero-order chi connectivity index (χ0) is 16.8. The molecule has 6 nitrogen and oxygen atoms in total. The smallest absolute Gasteiger partial charge is 0.277 e. The van der Waals surface area contributed by atoms with Gasteiger partial charge in [0.05, 0.1) is 11.1 Å². The van der Waals surface area contributed by atoms with Crippen LogP contribution in [0.3, 0.4) is 0 Å². The van der Waals surface area contributed by atoms with Gasteiger partial charge >= 0.3 is 0 Å². The van der Waals surface area contributed by atoms with Crippen molar-refractivity contribution in [2.45, 2.75) is 6.92 Å². The maximum atomic E-state index is 12.9. The lowest BCUT2D eigenvalue weighted by atomic mass is 10.2. The van der Waals surface area contributed by atoms with Crippen molar-refractivity contribution in [1.29, 1.82) is 0 Å². The van der Waals surface area contributed by atoms with E-state index in [0.717, 1.165) is 21.6 Å². The average Bonchev–Trinajstić information content (AvgIpc) is 2.94. The minimum Gasteiger partial charge on any atom is -0.377 e. The predicted octanol–water partition coefficient (Wildman–Crippen LogP) is 2.76. The maximum absolute atomic E-state index is 12.9. The van der Waals surface area contributed by atoms with Gasteiger partial charge in [-0.05, 0) is 25.1 Å². The van der Waals surface area contributed by atoms with Crippen molar-refractivity contribution in [3.05, 3.63) is 52.8 Å². The van der Waals surface area contributed by atoms with Crippen molar-refractivity contribution in [3.63, 3.8) is 0 Å². The first kappa shape index (κ1) is 14.8. The molecule has 4 aromatic rings. The summed E-state index contributed by atoms with van der Waals surface area (Å²) in [5.74, 6) is 0.577. The molecule has 0 N–H and O–H groups in total. The minimum atomic E-state index is -0.120. The molecule has 0 fully saturated rings. The molecule has 0 aliphatic heterocycles. The van der Waals surface area contributed by atoms with Crippen LogP contribution < -0.4 is 10.5 Å². The second kappa shape index (κ2) is 5.38. The van der Waals surface area contributed by atoms with Crippen molar-refractivity contribution < 1.29 is 0 Å². The molecule has 0 saturated heterocycles. The number of thiophene rings is 1. The molecule has 0 unspecified atom stereocenters. The van der Waals surface area contributed by atoms with Crippen molar-refractivity contribution >= 4 is 37.5 Å². The highest BCUT2D eigenvalue weighted by molar-refractivity contribution is 7.25. The van der Waals surface area contributed by atoms with E-state index in [9.17, 15) is 4.79 Å². The first-order chi connectivity index (χ1) is 11.6. The molecule has 0 aliphatic rings. The Morgan fingerprint density at radius 2 is 2.00 bits per heavy atom. The number of hydrogen-bond acceptors (Lipinski definition) is 6. The Bertz CT molecular complexity index is 1130. The van der Waals surface area contributed by atoms with E-state index in [4.69, 9.17) is 0 Å². The van der Waals surface area contributed by atoms with Crippen LogP contribution in [0.25, 0.3) is 26.3 Å². The van der Waals surface area contributed by atoms with Crippen LogP contribution in [0.2, 0.25) is 0 Å². The number of aromatic nitrogens is 4. The quantitative estimate of drug-likeness (QED) is 0.563. The van der Waals surface area contributed by atoms with Gasteiger partial charge in [0.1, 0.15) is 27.2 Å². The van der Waals surface area contributed by atoms with Crippen LogP contribution in [0.1, 0.15) is 5.69 Å². The summed E-state index contributed by atoms with van der Waals surface area (Å²) in [7, 11) is 3.94. The van der Waals surface area contributed by atoms with Crippen molar-refractivity contribution in [3.8, 4) is 5.82 Å². The highest BCUT2D eigenvalue weighted by atomic mass is 32.1. The molecular formula is C17H15N5OS. The van der Waals surface area contributed by atoms with Gasteiger partial charge in [-0.2, -0.15) is 0 Å². The third-order valence-electron chi connectivity index (χ3n) is 3.86. The van der Waals surface area contributed by atoms with Gasteiger partial charge in [0.25, 0.3) is 5.56 Å². The van der Waals surface area contributed by atoms with E-state index in [1.165, 1.54) is 15.9 Å². The van der Waals surface area contributed by atoms with E-state index in [1.54, 1.807) is 18.6 Å². The molecular weight excluding hydrogens is 322 g/mol. The van der Waals surface area contributed by atoms with E-state index in [-0.39, 0.29) is 5.56 Å². The number of rotatable bonds is 2. The Morgan fingerprint density at radius 1 is 1.17 bits per heavy atom. The van der Waals surface area contributed by atoms with Crippen LogP contribution in [-0.4, -0.2) is 33.6 Å². The highest BCUT2D eigenvalue weighted by Gasteiger charge is 2.17. The summed E-state index contributed by atoms with van der Waals surface area (Å²) in [5, 5.41) is 0.920. The highest BCUT2D eigenvalue weighted by Crippen LogP contribution is 2.35. The fourth-order valence-electron chi connectivity index (χ4n) is 2.74. The topological polar surface area (TPSA) is 63.9 Å². The molecule has 0 saturated carbocycles. The molecule has 0 bridgehead atoms. The van der Waals surface area contributed by atoms with Gasteiger partial charge in [0.2, 0.25) is 0 Å². The summed E-state index contributed by atoms with van der Waals surface area (Å²) in [6, 6.07) is 7.51. The number of fused-ring (bicyclic) bond motifs is 3. The summed E-state index contributed by atoms with van der Waals surface area (Å²) in [6.45, 7) is 1.90. The Kier molecular flexibility index (Phi) is 3.31. The molecule has 4 aromatic heterocycles. The summed E-state index contributed by atoms with van der Waals surface area (Å²) in [5.41, 5.74) is 2.43. The van der Waals surface area contributed by atoms with Crippen molar-refractivity contribution in [2.24, 2.45) is 0 Å². The molecule has 7 heteroatoms. The monoisotopic (exact) mass is 337 g/mol. The molecule has 0 spiro atoms. The average molecular weight is 337 g/mol. The first-order valence-corrected chi connectivity index (χ1v) is 8.28. The number of hydrogen-bond donors (Lipinski definition) is 0. The fraction of sp³-hybridized carbons (Fsp3) is 0.176. The van der Waals surface area contributed by atoms with Gasteiger partial charge in [-0.15, -0.1) is 11.3 Å². The molecule has 0 atom stereocenters. The molecule has 0 aliphatic carbocycles. The molecule has 0 amide bonds. The summed E-state index contributed by atoms with van der Waals surface area (Å²) in [6.07, 6.45) is 3.30. The fourth-order valence-corrected chi connectivity index (χ4v) is 3.78. The van der Waals surface area contributed by atoms with Crippen LogP contribution in [0.5, 0.6) is 0 Å². The SMILES string of the molecule is Cc1cccc(-n2cnc3c(sc4nccc(N(C)C)c43)c2=O)n1. The molecule has 24 heavy (non-hydrogen) atoms. The third-order valence-corrected chi connectivity index (χ3v) is 4.94. The van der Waals surface area contributed by atoms with E-state index in [0.29, 0.717) is 16.0 Å². The lowest BCUT2D eigenvalue weighted by Gasteiger charge is -2.13. The van der Waals surface area contributed by atoms with Crippen LogP contribution in [-0.2, 0) is 0 Å². The predicted molar refractivity (Wildman–Crippen MR) is 97.4 cm³/mol. The van der Waals surface area contributed by atoms with Gasteiger partial charge < -0.3 is 4.90 Å². The third kappa shape index (κ3) is 2.16. The van der Waals surface area contributed by atoms with Gasteiger partial charge in [-0.25, -0.2) is 19.5 Å². The Morgan fingerprint density at radius 3 is 2.75 bits per heavy atom. The van der Waals surface area contributed by atoms with E-state index < -0.39 is 0 Å². The molecule has 120 valence electrons. The summed E-state index contributed by atoms with van der Waals surface area (Å²) < 4.78 is 2.08. The van der Waals surface area contributed by atoms with Crippen LogP contribution in [0, 0.1) is 6.92 Å². The van der Waals surface area contributed by atoms with E-state index in [2.05, 4.69) is 15.0 Å². The Hall–Kier alpha value is -2.80. The number of aryl methyl sites for hydroxylation is 1. The van der Waals surface area contributed by atoms with E-state index >= 15 is 0 Å². The number of nitrogens with zero attached hydrogens (tertiary/aromatic N) is 5. The van der Waals surface area contributed by atoms with Crippen molar-refractivity contribution in [1.82, 2.24) is 19.5 Å². The first-order valence-electron chi connectivity index (χ1n) is 7.46. The van der Waals surface area contributed by atoms with Crippen LogP contribution >= 0.6 is 11.3 Å². The normalized spacial score (nSPS) is 11.3. The maximum Gasteiger partial charge on any atom is 0.277 e. The van der Waals surface area contributed by atoms with E-state index in [1.807, 2.05) is 44.1 Å². The van der Waals surface area contributed by atoms with Crippen LogP contribution in [0.4, 0.5) is 5.69 Å². The zero-order valence-corrected chi connectivity index (χ0v) is 14.3. The summed E-state index contributed by atoms with van der Waals surface area (Å²) in [4.78, 5) is 29.1. The second-order valence-electron chi connectivity index (χ2n) is 5.74. The lowest BCUT2D eigenvalue weighted by molar-refractivity contribution is 0.914. The van der Waals surface area contributed by atoms with Gasteiger partial charge in [-0.3, -0.25) is 4.79 Å². The standard InChI is InChI=1S/C17H15N5OS/c1-10-5-4-6-12(20-10)22-9-19-14-13-11(21(2)3)7-8-18-16(13)24-15(14)17(22)23/h4-9H,1-3H3. The second-order valence-corrected chi connectivity index (χ2v) is 6.74. The molecule has 0 radical (unpaired) electrons. The van der Waals surface area contributed by atoms with Gasteiger partial charge in [0.15, 0.2) is 0 Å². The van der Waals surface area contributed by atoms with Gasteiger partial charge in [-0.1, -0.05) is 6.07 Å². The molecule has 4 rings (SSSR count). The molecule has 0 aromatic carbocycles. The zero-order valence-electron chi connectivity index (χ0n) is 13.5. The van der Waals surface area contributed by atoms with Gasteiger partial charge in [0, 0.05) is 26.0 Å². The minimum absolute atomic E-state index is 0.120. The summed E-state index contributed by atoms with van der Waals surface area (Å²) >= 11 is 1.37. The van der Waals surface area contributed by atoms with Crippen molar-refractivity contribution in [2.75, 3.05) is 19.0 Å². The number of anilines is 1. The number of pyridine rings is 2. The Labute approximate surface area is 142 Å². The lowest BCUT2D eigenvalue weighted by Crippen LogP contribution is -2.19.